The molecule has 4 aromatic rings. The Hall–Kier alpha value is -3.27. The van der Waals surface area contributed by atoms with Crippen molar-refractivity contribution in [2.24, 2.45) is 0 Å². The van der Waals surface area contributed by atoms with Gasteiger partial charge >= 0.3 is 0 Å². The quantitative estimate of drug-likeness (QED) is 0.264. The smallest absolute Gasteiger partial charge is 0.229 e. The highest BCUT2D eigenvalue weighted by atomic mass is 79.9. The van der Waals surface area contributed by atoms with Crippen LogP contribution in [-0.2, 0) is 4.74 Å². The van der Waals surface area contributed by atoms with Crippen molar-refractivity contribution in [2.45, 2.75) is 37.5 Å². The third-order valence-corrected chi connectivity index (χ3v) is 7.15. The molecule has 2 N–H and O–H groups in total. The van der Waals surface area contributed by atoms with Gasteiger partial charge in [-0.3, -0.25) is 4.98 Å². The number of likely N-dealkylation sites (N-methyl/N-ethyl adjacent to an activating group) is 1. The minimum absolute atomic E-state index is 0.150. The van der Waals surface area contributed by atoms with Crippen molar-refractivity contribution in [3.8, 4) is 5.75 Å². The molecule has 8 nitrogen and oxygen atoms in total. The third kappa shape index (κ3) is 6.36. The fourth-order valence-corrected chi connectivity index (χ4v) is 5.15. The number of nitrogens with one attached hydrogen (secondary N) is 2. The van der Waals surface area contributed by atoms with E-state index in [1.165, 1.54) is 0 Å². The molecular formula is C28H31BrN6O2. The molecule has 3 atom stereocenters. The summed E-state index contributed by atoms with van der Waals surface area (Å²) in [5.41, 5.74) is 2.67. The largest absolute Gasteiger partial charge is 0.490 e. The normalized spacial score (nSPS) is 19.6. The molecule has 37 heavy (non-hydrogen) atoms. The SMILES string of the molecule is CO[C@H]1C[C@@H](Oc2ccc(Nc3nccc(Nc4cnc5ccc(Br)cc5c4)n3)cc2)CC[C@@H]1N(C)C. The van der Waals surface area contributed by atoms with Gasteiger partial charge in [0, 0.05) is 41.3 Å². The van der Waals surface area contributed by atoms with Gasteiger partial charge in [-0.15, -0.1) is 0 Å². The molecule has 0 saturated heterocycles. The standard InChI is InChI=1S/C28H31BrN6O2/c1-35(2)25-11-9-23(16-26(25)36-3)37-22-7-5-20(6-8-22)33-28-30-13-12-27(34-28)32-21-15-18-14-19(29)4-10-24(18)31-17-21/h4-8,10,12-15,17,23,25-26H,9,11,16H2,1-3H3,(H2,30,32,33,34)/t23-,25-,26-/m0/s1. The van der Waals surface area contributed by atoms with Gasteiger partial charge < -0.3 is 25.0 Å². The Balaban J connectivity index is 1.20. The van der Waals surface area contributed by atoms with Crippen molar-refractivity contribution in [1.82, 2.24) is 19.9 Å². The maximum atomic E-state index is 6.27. The van der Waals surface area contributed by atoms with E-state index in [0.717, 1.165) is 51.8 Å². The van der Waals surface area contributed by atoms with Gasteiger partial charge in [-0.05, 0) is 81.5 Å². The van der Waals surface area contributed by atoms with Gasteiger partial charge in [-0.25, -0.2) is 4.98 Å². The summed E-state index contributed by atoms with van der Waals surface area (Å²) in [7, 11) is 6.01. The van der Waals surface area contributed by atoms with E-state index in [1.54, 1.807) is 19.5 Å². The first-order chi connectivity index (χ1) is 18.0. The van der Waals surface area contributed by atoms with Crippen LogP contribution in [0.4, 0.5) is 23.1 Å². The van der Waals surface area contributed by atoms with Crippen LogP contribution in [0.25, 0.3) is 10.9 Å². The van der Waals surface area contributed by atoms with Crippen LogP contribution >= 0.6 is 15.9 Å². The van der Waals surface area contributed by atoms with Crippen LogP contribution in [0.1, 0.15) is 19.3 Å². The molecule has 1 aliphatic rings. The summed E-state index contributed by atoms with van der Waals surface area (Å²) in [4.78, 5) is 15.7. The Labute approximate surface area is 225 Å². The zero-order valence-electron chi connectivity index (χ0n) is 21.2. The number of nitrogens with zero attached hydrogens (tertiary/aromatic N) is 4. The number of aromatic nitrogens is 3. The molecule has 5 rings (SSSR count). The second-order valence-corrected chi connectivity index (χ2v) is 10.4. The Morgan fingerprint density at radius 2 is 1.78 bits per heavy atom. The van der Waals surface area contributed by atoms with Gasteiger partial charge in [0.2, 0.25) is 5.95 Å². The first-order valence-electron chi connectivity index (χ1n) is 12.3. The molecule has 1 aliphatic carbocycles. The first kappa shape index (κ1) is 25.4. The number of pyridine rings is 1. The lowest BCUT2D eigenvalue weighted by Crippen LogP contribution is -2.46. The van der Waals surface area contributed by atoms with Crippen LogP contribution in [0, 0.1) is 0 Å². The van der Waals surface area contributed by atoms with Gasteiger partial charge in [0.15, 0.2) is 0 Å². The fraction of sp³-hybridized carbons (Fsp3) is 0.321. The lowest BCUT2D eigenvalue weighted by molar-refractivity contribution is -0.0299. The number of methoxy groups -OCH3 is 1. The average molecular weight is 564 g/mol. The Morgan fingerprint density at radius 3 is 2.57 bits per heavy atom. The summed E-state index contributed by atoms with van der Waals surface area (Å²) in [6, 6.07) is 18.2. The van der Waals surface area contributed by atoms with Crippen molar-refractivity contribution in [3.63, 3.8) is 0 Å². The summed E-state index contributed by atoms with van der Waals surface area (Å²) in [6.45, 7) is 0. The minimum Gasteiger partial charge on any atom is -0.490 e. The number of anilines is 4. The van der Waals surface area contributed by atoms with Crippen molar-refractivity contribution in [1.29, 1.82) is 0 Å². The monoisotopic (exact) mass is 562 g/mol. The molecule has 0 bridgehead atoms. The summed E-state index contributed by atoms with van der Waals surface area (Å²) in [6.07, 6.45) is 6.81. The Bertz CT molecular complexity index is 1350. The highest BCUT2D eigenvalue weighted by Gasteiger charge is 2.32. The van der Waals surface area contributed by atoms with E-state index in [9.17, 15) is 0 Å². The molecule has 0 unspecified atom stereocenters. The lowest BCUT2D eigenvalue weighted by Gasteiger charge is -2.38. The zero-order valence-corrected chi connectivity index (χ0v) is 22.8. The molecule has 0 amide bonds. The summed E-state index contributed by atoms with van der Waals surface area (Å²) in [5.74, 6) is 2.02. The van der Waals surface area contributed by atoms with Gasteiger partial charge in [0.05, 0.1) is 23.5 Å². The van der Waals surface area contributed by atoms with Crippen LogP contribution in [0.15, 0.2) is 71.5 Å². The van der Waals surface area contributed by atoms with E-state index >= 15 is 0 Å². The second kappa shape index (κ2) is 11.4. The molecule has 2 heterocycles. The number of hydrogen-bond acceptors (Lipinski definition) is 8. The van der Waals surface area contributed by atoms with Crippen molar-refractivity contribution in [2.75, 3.05) is 31.8 Å². The Morgan fingerprint density at radius 1 is 0.946 bits per heavy atom. The number of rotatable bonds is 8. The van der Waals surface area contributed by atoms with Gasteiger partial charge in [-0.1, -0.05) is 15.9 Å². The second-order valence-electron chi connectivity index (χ2n) is 9.46. The highest BCUT2D eigenvalue weighted by Crippen LogP contribution is 2.29. The maximum absolute atomic E-state index is 6.27. The molecular weight excluding hydrogens is 532 g/mol. The van der Waals surface area contributed by atoms with Crippen LogP contribution < -0.4 is 15.4 Å². The molecule has 1 saturated carbocycles. The van der Waals surface area contributed by atoms with E-state index in [-0.39, 0.29) is 12.2 Å². The molecule has 192 valence electrons. The van der Waals surface area contributed by atoms with E-state index in [0.29, 0.717) is 17.8 Å². The van der Waals surface area contributed by atoms with Crippen LogP contribution in [0.2, 0.25) is 0 Å². The van der Waals surface area contributed by atoms with Crippen LogP contribution in [0.3, 0.4) is 0 Å². The number of hydrogen-bond donors (Lipinski definition) is 2. The van der Waals surface area contributed by atoms with E-state index in [1.807, 2.05) is 54.6 Å². The van der Waals surface area contributed by atoms with Gasteiger partial charge in [-0.2, -0.15) is 4.98 Å². The third-order valence-electron chi connectivity index (χ3n) is 6.66. The maximum Gasteiger partial charge on any atom is 0.229 e. The number of halogens is 1. The summed E-state index contributed by atoms with van der Waals surface area (Å²) in [5, 5.41) is 7.62. The zero-order chi connectivity index (χ0) is 25.8. The highest BCUT2D eigenvalue weighted by molar-refractivity contribution is 9.10. The van der Waals surface area contributed by atoms with Crippen molar-refractivity contribution in [3.05, 3.63) is 71.5 Å². The predicted molar refractivity (Wildman–Crippen MR) is 151 cm³/mol. The molecule has 0 radical (unpaired) electrons. The molecule has 0 aliphatic heterocycles. The Kier molecular flexibility index (Phi) is 7.83. The number of fused-ring (bicyclic) bond motifs is 1. The van der Waals surface area contributed by atoms with Crippen molar-refractivity contribution >= 4 is 50.0 Å². The predicted octanol–water partition coefficient (Wildman–Crippen LogP) is 6.15. The van der Waals surface area contributed by atoms with E-state index < -0.39 is 0 Å². The van der Waals surface area contributed by atoms with Crippen LogP contribution in [0.5, 0.6) is 5.75 Å². The van der Waals surface area contributed by atoms with Gasteiger partial charge in [0.1, 0.15) is 17.7 Å². The molecule has 2 aromatic carbocycles. The summed E-state index contributed by atoms with van der Waals surface area (Å²) < 4.78 is 13.0. The molecule has 9 heteroatoms. The number of ether oxygens (including phenoxy) is 2. The first-order valence-corrected chi connectivity index (χ1v) is 13.1. The fourth-order valence-electron chi connectivity index (χ4n) is 4.77. The van der Waals surface area contributed by atoms with Crippen molar-refractivity contribution < 1.29 is 9.47 Å². The summed E-state index contributed by atoms with van der Waals surface area (Å²) >= 11 is 3.51. The van der Waals surface area contributed by atoms with Crippen LogP contribution in [-0.4, -0.2) is 59.3 Å². The van der Waals surface area contributed by atoms with Gasteiger partial charge in [0.25, 0.3) is 0 Å². The lowest BCUT2D eigenvalue weighted by atomic mass is 9.89. The van der Waals surface area contributed by atoms with E-state index in [2.05, 4.69) is 60.5 Å². The number of benzene rings is 2. The minimum atomic E-state index is 0.150. The van der Waals surface area contributed by atoms with E-state index in [4.69, 9.17) is 9.47 Å². The topological polar surface area (TPSA) is 84.4 Å². The molecule has 2 aromatic heterocycles. The molecule has 1 fully saturated rings. The average Bonchev–Trinajstić information content (AvgIpc) is 2.89. The molecule has 0 spiro atoms.